The van der Waals surface area contributed by atoms with Crippen LogP contribution in [-0.2, 0) is 19.7 Å². The van der Waals surface area contributed by atoms with Crippen molar-refractivity contribution in [2.24, 2.45) is 0 Å². The van der Waals surface area contributed by atoms with Gasteiger partial charge in [0.05, 0.1) is 6.61 Å². The zero-order chi connectivity index (χ0) is 16.4. The Morgan fingerprint density at radius 2 is 2.17 bits per heavy atom. The fourth-order valence-corrected chi connectivity index (χ4v) is 2.92. The lowest BCUT2D eigenvalue weighted by atomic mass is 10.1. The van der Waals surface area contributed by atoms with Crippen LogP contribution in [0.1, 0.15) is 27.9 Å². The number of aromatic amines is 1. The minimum atomic E-state index is 0.0255. The van der Waals surface area contributed by atoms with Crippen LogP contribution in [0.25, 0.3) is 0 Å². The molecular formula is C18H22N2O3. The number of nitrogens with zero attached hydrogens (tertiary/aromatic N) is 1. The molecular weight excluding hydrogens is 292 g/mol. The zero-order valence-corrected chi connectivity index (χ0v) is 13.6. The second-order valence-corrected chi connectivity index (χ2v) is 6.06. The number of ether oxygens (including phenoxy) is 1. The second kappa shape index (κ2) is 6.56. The molecule has 1 aromatic heterocycles. The van der Waals surface area contributed by atoms with Crippen LogP contribution >= 0.6 is 0 Å². The van der Waals surface area contributed by atoms with Gasteiger partial charge in [-0.3, -0.25) is 9.69 Å². The van der Waals surface area contributed by atoms with Gasteiger partial charge >= 0.3 is 0 Å². The molecule has 0 aliphatic carbocycles. The average Bonchev–Trinajstić information content (AvgIpc) is 2.76. The summed E-state index contributed by atoms with van der Waals surface area (Å²) in [5, 5.41) is 9.31. The maximum Gasteiger partial charge on any atom is 0.187 e. The van der Waals surface area contributed by atoms with Crippen LogP contribution in [0.3, 0.4) is 0 Å². The molecule has 23 heavy (non-hydrogen) atoms. The van der Waals surface area contributed by atoms with Crippen LogP contribution in [0.4, 0.5) is 0 Å². The van der Waals surface area contributed by atoms with Gasteiger partial charge in [0.15, 0.2) is 5.43 Å². The Morgan fingerprint density at radius 3 is 2.96 bits per heavy atom. The number of aliphatic hydroxyl groups excluding tert-OH is 1. The maximum absolute atomic E-state index is 12.1. The summed E-state index contributed by atoms with van der Waals surface area (Å²) in [6.07, 6.45) is 1.77. The highest BCUT2D eigenvalue weighted by molar-refractivity contribution is 5.37. The Bertz CT molecular complexity index is 767. The van der Waals surface area contributed by atoms with Crippen molar-refractivity contribution >= 4 is 0 Å². The molecule has 1 aliphatic rings. The number of benzene rings is 1. The molecule has 0 unspecified atom stereocenters. The number of hydrogen-bond acceptors (Lipinski definition) is 4. The number of aromatic nitrogens is 1. The molecule has 5 nitrogen and oxygen atoms in total. The molecule has 1 aromatic carbocycles. The third-order valence-electron chi connectivity index (χ3n) is 4.36. The number of aliphatic hydroxyl groups is 1. The Hall–Kier alpha value is -2.11. The summed E-state index contributed by atoms with van der Waals surface area (Å²) in [5.41, 5.74) is 4.52. The van der Waals surface area contributed by atoms with Crippen molar-refractivity contribution in [3.05, 3.63) is 62.6 Å². The lowest BCUT2D eigenvalue weighted by Gasteiger charge is -2.20. The summed E-state index contributed by atoms with van der Waals surface area (Å²) < 4.78 is 5.79. The predicted octanol–water partition coefficient (Wildman–Crippen LogP) is 1.88. The van der Waals surface area contributed by atoms with Crippen molar-refractivity contribution in [3.63, 3.8) is 0 Å². The molecule has 2 aromatic rings. The van der Waals surface area contributed by atoms with Crippen molar-refractivity contribution < 1.29 is 9.84 Å². The highest BCUT2D eigenvalue weighted by atomic mass is 16.5. The smallest absolute Gasteiger partial charge is 0.187 e. The molecule has 0 bridgehead atoms. The Morgan fingerprint density at radius 1 is 1.35 bits per heavy atom. The Balaban J connectivity index is 1.84. The normalized spacial score (nSPS) is 14.9. The van der Waals surface area contributed by atoms with Crippen molar-refractivity contribution in [3.8, 4) is 5.75 Å². The summed E-state index contributed by atoms with van der Waals surface area (Å²) in [6.45, 7) is 6.53. The predicted molar refractivity (Wildman–Crippen MR) is 88.5 cm³/mol. The topological polar surface area (TPSA) is 65.6 Å². The summed E-state index contributed by atoms with van der Waals surface area (Å²) in [7, 11) is 0. The van der Waals surface area contributed by atoms with Gasteiger partial charge in [-0.15, -0.1) is 0 Å². The summed E-state index contributed by atoms with van der Waals surface area (Å²) in [6, 6.07) is 5.79. The SMILES string of the molecule is Cc1c[nH]c(CN2CCOc3ccc(CO)cc3C2)c(C)c1=O. The number of nitrogens with one attached hydrogen (secondary N) is 1. The summed E-state index contributed by atoms with van der Waals surface area (Å²) in [5.74, 6) is 0.874. The molecule has 2 N–H and O–H groups in total. The molecule has 0 saturated heterocycles. The summed E-state index contributed by atoms with van der Waals surface area (Å²) in [4.78, 5) is 17.6. The number of hydrogen-bond donors (Lipinski definition) is 2. The lowest BCUT2D eigenvalue weighted by molar-refractivity contribution is 0.217. The number of aryl methyl sites for hydroxylation is 1. The van der Waals surface area contributed by atoms with Crippen molar-refractivity contribution in [1.29, 1.82) is 0 Å². The van der Waals surface area contributed by atoms with E-state index in [0.29, 0.717) is 13.2 Å². The van der Waals surface area contributed by atoms with Gasteiger partial charge in [-0.2, -0.15) is 0 Å². The van der Waals surface area contributed by atoms with Gasteiger partial charge in [0.2, 0.25) is 0 Å². The van der Waals surface area contributed by atoms with E-state index in [9.17, 15) is 9.90 Å². The van der Waals surface area contributed by atoms with E-state index in [1.165, 1.54) is 0 Å². The monoisotopic (exact) mass is 314 g/mol. The van der Waals surface area contributed by atoms with Gasteiger partial charge in [-0.25, -0.2) is 0 Å². The van der Waals surface area contributed by atoms with Crippen LogP contribution in [0.5, 0.6) is 5.75 Å². The van der Waals surface area contributed by atoms with E-state index in [1.807, 2.05) is 32.0 Å². The first-order valence-electron chi connectivity index (χ1n) is 7.84. The van der Waals surface area contributed by atoms with Crippen LogP contribution in [-0.4, -0.2) is 28.1 Å². The van der Waals surface area contributed by atoms with Gasteiger partial charge in [-0.1, -0.05) is 6.07 Å². The van der Waals surface area contributed by atoms with Crippen molar-refractivity contribution in [1.82, 2.24) is 9.88 Å². The first-order chi connectivity index (χ1) is 11.1. The standard InChI is InChI=1S/C18H22N2O3/c1-12-8-19-16(13(2)18(12)22)10-20-5-6-23-17-4-3-14(11-21)7-15(17)9-20/h3-4,7-8,21H,5-6,9-11H2,1-2H3,(H,19,22). The third kappa shape index (κ3) is 3.30. The highest BCUT2D eigenvalue weighted by Crippen LogP contribution is 2.25. The van der Waals surface area contributed by atoms with E-state index in [4.69, 9.17) is 4.74 Å². The minimum Gasteiger partial charge on any atom is -0.492 e. The molecule has 0 radical (unpaired) electrons. The zero-order valence-electron chi connectivity index (χ0n) is 13.6. The fourth-order valence-electron chi connectivity index (χ4n) is 2.92. The van der Waals surface area contributed by atoms with Crippen LogP contribution in [0, 0.1) is 13.8 Å². The molecule has 1 aliphatic heterocycles. The quantitative estimate of drug-likeness (QED) is 0.908. The molecule has 0 atom stereocenters. The van der Waals surface area contributed by atoms with Crippen molar-refractivity contribution in [2.75, 3.05) is 13.2 Å². The maximum atomic E-state index is 12.1. The van der Waals surface area contributed by atoms with E-state index in [-0.39, 0.29) is 12.0 Å². The lowest BCUT2D eigenvalue weighted by Crippen LogP contribution is -2.27. The molecule has 2 heterocycles. The van der Waals surface area contributed by atoms with Crippen LogP contribution in [0.2, 0.25) is 0 Å². The number of rotatable bonds is 3. The average molecular weight is 314 g/mol. The van der Waals surface area contributed by atoms with Gasteiger partial charge in [0.25, 0.3) is 0 Å². The van der Waals surface area contributed by atoms with Crippen molar-refractivity contribution in [2.45, 2.75) is 33.5 Å². The van der Waals surface area contributed by atoms with Gasteiger partial charge in [0, 0.05) is 48.2 Å². The third-order valence-corrected chi connectivity index (χ3v) is 4.36. The molecule has 0 fully saturated rings. The Kier molecular flexibility index (Phi) is 4.50. The molecule has 3 rings (SSSR count). The van der Waals surface area contributed by atoms with Gasteiger partial charge in [0.1, 0.15) is 12.4 Å². The molecule has 0 saturated carbocycles. The summed E-state index contributed by atoms with van der Waals surface area (Å²) >= 11 is 0. The van der Waals surface area contributed by atoms with E-state index >= 15 is 0 Å². The molecule has 0 amide bonds. The second-order valence-electron chi connectivity index (χ2n) is 6.06. The van der Waals surface area contributed by atoms with E-state index < -0.39 is 0 Å². The Labute approximate surface area is 135 Å². The first-order valence-corrected chi connectivity index (χ1v) is 7.84. The van der Waals surface area contributed by atoms with E-state index in [1.54, 1.807) is 6.20 Å². The molecule has 5 heteroatoms. The van der Waals surface area contributed by atoms with Gasteiger partial charge < -0.3 is 14.8 Å². The fraction of sp³-hybridized carbons (Fsp3) is 0.389. The highest BCUT2D eigenvalue weighted by Gasteiger charge is 2.17. The van der Waals surface area contributed by atoms with Gasteiger partial charge in [-0.05, 0) is 31.5 Å². The van der Waals surface area contributed by atoms with Crippen LogP contribution in [0.15, 0.2) is 29.2 Å². The number of H-pyrrole nitrogens is 1. The number of fused-ring (bicyclic) bond motifs is 1. The molecule has 122 valence electrons. The van der Waals surface area contributed by atoms with E-state index in [2.05, 4.69) is 9.88 Å². The van der Waals surface area contributed by atoms with E-state index in [0.717, 1.165) is 46.8 Å². The minimum absolute atomic E-state index is 0.0255. The first kappa shape index (κ1) is 15.8. The molecule has 0 spiro atoms. The largest absolute Gasteiger partial charge is 0.492 e. The van der Waals surface area contributed by atoms with Crippen LogP contribution < -0.4 is 10.2 Å². The number of pyridine rings is 1.